The van der Waals surface area contributed by atoms with Crippen LogP contribution in [0, 0.1) is 0 Å². The summed E-state index contributed by atoms with van der Waals surface area (Å²) in [5.41, 5.74) is 7.72. The summed E-state index contributed by atoms with van der Waals surface area (Å²) in [6.45, 7) is 2.79. The summed E-state index contributed by atoms with van der Waals surface area (Å²) >= 11 is 0. The highest BCUT2D eigenvalue weighted by atomic mass is 16.5. The van der Waals surface area contributed by atoms with Crippen molar-refractivity contribution in [3.05, 3.63) is 58.6 Å². The fourth-order valence-corrected chi connectivity index (χ4v) is 2.25. The first-order chi connectivity index (χ1) is 10.2. The van der Waals surface area contributed by atoms with E-state index in [0.29, 0.717) is 24.5 Å². The lowest BCUT2D eigenvalue weighted by Crippen LogP contribution is -2.22. The van der Waals surface area contributed by atoms with Crippen LogP contribution in [0.5, 0.6) is 5.75 Å². The average Bonchev–Trinajstić information content (AvgIpc) is 2.79. The molecule has 0 saturated heterocycles. The molecule has 3 aromatic rings. The number of fused-ring (bicyclic) bond motifs is 1. The number of nitrogen functional groups attached to an aromatic ring is 1. The van der Waals surface area contributed by atoms with Crippen LogP contribution in [-0.4, -0.2) is 20.8 Å². The van der Waals surface area contributed by atoms with E-state index in [1.54, 1.807) is 30.5 Å². The number of ether oxygens (including phenoxy) is 1. The van der Waals surface area contributed by atoms with E-state index >= 15 is 0 Å². The molecule has 0 saturated carbocycles. The van der Waals surface area contributed by atoms with Gasteiger partial charge in [0.1, 0.15) is 5.75 Å². The minimum absolute atomic E-state index is 0.185. The number of nitrogens with two attached hydrogens (primary N) is 1. The van der Waals surface area contributed by atoms with Crippen molar-refractivity contribution in [3.8, 4) is 5.75 Å². The maximum Gasteiger partial charge on any atom is 0.350 e. The third kappa shape index (κ3) is 2.47. The minimum Gasteiger partial charge on any atom is -0.494 e. The van der Waals surface area contributed by atoms with Crippen LogP contribution >= 0.6 is 0 Å². The van der Waals surface area contributed by atoms with E-state index in [4.69, 9.17) is 10.5 Å². The monoisotopic (exact) mass is 284 g/mol. The smallest absolute Gasteiger partial charge is 0.350 e. The van der Waals surface area contributed by atoms with Crippen molar-refractivity contribution in [2.24, 2.45) is 0 Å². The van der Waals surface area contributed by atoms with Gasteiger partial charge in [-0.05, 0) is 37.3 Å². The van der Waals surface area contributed by atoms with E-state index in [1.165, 1.54) is 9.08 Å². The zero-order valence-electron chi connectivity index (χ0n) is 11.7. The largest absolute Gasteiger partial charge is 0.494 e. The summed E-state index contributed by atoms with van der Waals surface area (Å²) in [6.07, 6.45) is 1.70. The Morgan fingerprint density at radius 1 is 1.29 bits per heavy atom. The Balaban J connectivity index is 2.04. The van der Waals surface area contributed by atoms with Gasteiger partial charge in [-0.25, -0.2) is 9.48 Å². The van der Waals surface area contributed by atoms with Crippen molar-refractivity contribution in [1.29, 1.82) is 0 Å². The Bertz CT molecular complexity index is 835. The van der Waals surface area contributed by atoms with Crippen LogP contribution in [0.15, 0.2) is 47.4 Å². The number of pyridine rings is 1. The Morgan fingerprint density at radius 2 is 2.14 bits per heavy atom. The summed E-state index contributed by atoms with van der Waals surface area (Å²) in [7, 11) is 0. The van der Waals surface area contributed by atoms with Crippen LogP contribution in [-0.2, 0) is 6.54 Å². The fraction of sp³-hybridized carbons (Fsp3) is 0.200. The van der Waals surface area contributed by atoms with E-state index in [0.717, 1.165) is 11.3 Å². The predicted octanol–water partition coefficient (Wildman–Crippen LogP) is 1.53. The van der Waals surface area contributed by atoms with Crippen molar-refractivity contribution in [2.45, 2.75) is 13.5 Å². The van der Waals surface area contributed by atoms with Gasteiger partial charge in [0.05, 0.1) is 13.2 Å². The minimum atomic E-state index is -0.185. The molecule has 0 amide bonds. The Hall–Kier alpha value is -2.76. The van der Waals surface area contributed by atoms with E-state index in [2.05, 4.69) is 5.10 Å². The lowest BCUT2D eigenvalue weighted by atomic mass is 10.2. The second-order valence-corrected chi connectivity index (χ2v) is 4.67. The van der Waals surface area contributed by atoms with Crippen LogP contribution in [0.2, 0.25) is 0 Å². The molecular formula is C15H16N4O2. The summed E-state index contributed by atoms with van der Waals surface area (Å²) in [4.78, 5) is 12.3. The topological polar surface area (TPSA) is 74.6 Å². The van der Waals surface area contributed by atoms with Gasteiger partial charge in [0.2, 0.25) is 0 Å². The van der Waals surface area contributed by atoms with E-state index in [-0.39, 0.29) is 5.69 Å². The average molecular weight is 284 g/mol. The van der Waals surface area contributed by atoms with E-state index in [9.17, 15) is 4.79 Å². The second-order valence-electron chi connectivity index (χ2n) is 4.67. The first-order valence-corrected chi connectivity index (χ1v) is 6.74. The van der Waals surface area contributed by atoms with Gasteiger partial charge in [-0.15, -0.1) is 5.10 Å². The molecule has 0 atom stereocenters. The third-order valence-corrected chi connectivity index (χ3v) is 3.19. The molecular weight excluding hydrogens is 268 g/mol. The molecule has 0 fully saturated rings. The molecule has 1 aromatic carbocycles. The number of hydrogen-bond acceptors (Lipinski definition) is 4. The molecule has 0 aliphatic heterocycles. The van der Waals surface area contributed by atoms with Crippen molar-refractivity contribution in [3.63, 3.8) is 0 Å². The van der Waals surface area contributed by atoms with Crippen molar-refractivity contribution in [2.75, 3.05) is 12.3 Å². The van der Waals surface area contributed by atoms with Crippen molar-refractivity contribution < 1.29 is 4.74 Å². The maximum absolute atomic E-state index is 12.3. The van der Waals surface area contributed by atoms with Crippen molar-refractivity contribution >= 4 is 11.3 Å². The molecule has 6 nitrogen and oxygen atoms in total. The molecule has 0 unspecified atom stereocenters. The lowest BCUT2D eigenvalue weighted by Gasteiger charge is -2.10. The number of aromatic nitrogens is 3. The number of nitrogens with zero attached hydrogens (tertiary/aromatic N) is 3. The van der Waals surface area contributed by atoms with Gasteiger partial charge in [0, 0.05) is 17.4 Å². The molecule has 0 aliphatic rings. The van der Waals surface area contributed by atoms with Gasteiger partial charge in [0.15, 0.2) is 5.65 Å². The number of hydrogen-bond donors (Lipinski definition) is 1. The third-order valence-electron chi connectivity index (χ3n) is 3.19. The Kier molecular flexibility index (Phi) is 3.35. The second kappa shape index (κ2) is 5.32. The van der Waals surface area contributed by atoms with Gasteiger partial charge in [-0.2, -0.15) is 0 Å². The quantitative estimate of drug-likeness (QED) is 0.737. The molecule has 0 bridgehead atoms. The van der Waals surface area contributed by atoms with Gasteiger partial charge >= 0.3 is 5.69 Å². The Labute approximate surface area is 121 Å². The van der Waals surface area contributed by atoms with Crippen LogP contribution < -0.4 is 16.2 Å². The van der Waals surface area contributed by atoms with Crippen LogP contribution in [0.3, 0.4) is 0 Å². The highest BCUT2D eigenvalue weighted by Crippen LogP contribution is 2.22. The molecule has 108 valence electrons. The fourth-order valence-electron chi connectivity index (χ4n) is 2.25. The Morgan fingerprint density at radius 3 is 2.90 bits per heavy atom. The van der Waals surface area contributed by atoms with Gasteiger partial charge in [-0.3, -0.25) is 4.40 Å². The molecule has 0 spiro atoms. The molecule has 0 radical (unpaired) electrons. The van der Waals surface area contributed by atoms with E-state index in [1.807, 2.05) is 19.1 Å². The van der Waals surface area contributed by atoms with Gasteiger partial charge in [-0.1, -0.05) is 6.07 Å². The standard InChI is InChI=1S/C15H16N4O2/c1-2-21-13-7-6-12(16)9-11(13)10-19-15(20)18-8-4-3-5-14(18)17-19/h3-9H,2,10,16H2,1H3. The number of anilines is 1. The van der Waals surface area contributed by atoms with E-state index < -0.39 is 0 Å². The van der Waals surface area contributed by atoms with Gasteiger partial charge < -0.3 is 10.5 Å². The number of benzene rings is 1. The molecule has 2 heterocycles. The first kappa shape index (κ1) is 13.2. The van der Waals surface area contributed by atoms with Crippen LogP contribution in [0.4, 0.5) is 5.69 Å². The molecule has 6 heteroatoms. The summed E-state index contributed by atoms with van der Waals surface area (Å²) in [6, 6.07) is 10.8. The summed E-state index contributed by atoms with van der Waals surface area (Å²) in [5.74, 6) is 0.718. The summed E-state index contributed by atoms with van der Waals surface area (Å²) in [5, 5.41) is 4.31. The predicted molar refractivity (Wildman–Crippen MR) is 80.6 cm³/mol. The van der Waals surface area contributed by atoms with Crippen LogP contribution in [0.25, 0.3) is 5.65 Å². The summed E-state index contributed by atoms with van der Waals surface area (Å²) < 4.78 is 8.49. The normalized spacial score (nSPS) is 10.9. The van der Waals surface area contributed by atoms with Gasteiger partial charge in [0.25, 0.3) is 0 Å². The molecule has 0 aliphatic carbocycles. The lowest BCUT2D eigenvalue weighted by molar-refractivity contribution is 0.335. The van der Waals surface area contributed by atoms with Crippen molar-refractivity contribution in [1.82, 2.24) is 14.2 Å². The first-order valence-electron chi connectivity index (χ1n) is 6.74. The number of rotatable bonds is 4. The molecule has 21 heavy (non-hydrogen) atoms. The van der Waals surface area contributed by atoms with Crippen LogP contribution in [0.1, 0.15) is 12.5 Å². The molecule has 2 N–H and O–H groups in total. The zero-order valence-corrected chi connectivity index (χ0v) is 11.7. The maximum atomic E-state index is 12.3. The highest BCUT2D eigenvalue weighted by molar-refractivity contribution is 5.48. The SMILES string of the molecule is CCOc1ccc(N)cc1Cn1nc2ccccn2c1=O. The molecule has 2 aromatic heterocycles. The molecule has 3 rings (SSSR count). The zero-order chi connectivity index (χ0) is 14.8. The highest BCUT2D eigenvalue weighted by Gasteiger charge is 2.10.